The van der Waals surface area contributed by atoms with E-state index in [4.69, 9.17) is 18.0 Å². The van der Waals surface area contributed by atoms with Crippen molar-refractivity contribution in [2.24, 2.45) is 5.73 Å². The van der Waals surface area contributed by atoms with Crippen molar-refractivity contribution < 1.29 is 4.79 Å². The van der Waals surface area contributed by atoms with Crippen LogP contribution in [-0.2, 0) is 4.79 Å². The van der Waals surface area contributed by atoms with Gasteiger partial charge in [0, 0.05) is 19.0 Å². The number of hydrogen-bond donors (Lipinski definition) is 1. The summed E-state index contributed by atoms with van der Waals surface area (Å²) in [6.45, 7) is 1.82. The van der Waals surface area contributed by atoms with E-state index >= 15 is 0 Å². The molecule has 1 aromatic rings. The summed E-state index contributed by atoms with van der Waals surface area (Å²) in [6.07, 6.45) is 0.460. The van der Waals surface area contributed by atoms with Crippen molar-refractivity contribution in [3.63, 3.8) is 0 Å². The molecule has 0 radical (unpaired) electrons. The topological polar surface area (TPSA) is 46.3 Å². The second kappa shape index (κ2) is 4.89. The molecular weight excluding hydrogens is 208 g/mol. The van der Waals surface area contributed by atoms with Gasteiger partial charge >= 0.3 is 0 Å². The lowest BCUT2D eigenvalue weighted by atomic mass is 10.1. The molecule has 1 amide bonds. The summed E-state index contributed by atoms with van der Waals surface area (Å²) in [5.74, 6) is 0.0405. The smallest absolute Gasteiger partial charge is 0.226 e. The first-order valence-electron chi connectivity index (χ1n) is 4.73. The predicted octanol–water partition coefficient (Wildman–Crippen LogP) is 1.69. The highest BCUT2D eigenvalue weighted by molar-refractivity contribution is 7.80. The average Bonchev–Trinajstić information content (AvgIpc) is 2.27. The lowest BCUT2D eigenvalue weighted by Gasteiger charge is -2.19. The zero-order chi connectivity index (χ0) is 11.4. The Morgan fingerprint density at radius 2 is 2.07 bits per heavy atom. The summed E-state index contributed by atoms with van der Waals surface area (Å²) in [7, 11) is 1.73. The van der Waals surface area contributed by atoms with Crippen molar-refractivity contribution in [2.75, 3.05) is 11.9 Å². The average molecular weight is 222 g/mol. The molecule has 0 aromatic heterocycles. The maximum absolute atomic E-state index is 11.5. The molecule has 0 atom stereocenters. The van der Waals surface area contributed by atoms with Crippen molar-refractivity contribution in [3.8, 4) is 0 Å². The molecule has 0 aliphatic heterocycles. The molecule has 0 spiro atoms. The second-order valence-corrected chi connectivity index (χ2v) is 3.63. The van der Waals surface area contributed by atoms with Crippen LogP contribution in [-0.4, -0.2) is 17.9 Å². The predicted molar refractivity (Wildman–Crippen MR) is 66.0 cm³/mol. The Hall–Kier alpha value is -1.42. The Bertz CT molecular complexity index is 390. The Balaban J connectivity index is 3.13. The Labute approximate surface area is 94.9 Å². The Morgan fingerprint density at radius 1 is 1.47 bits per heavy atom. The van der Waals surface area contributed by atoms with E-state index in [1.165, 1.54) is 0 Å². The summed E-state index contributed by atoms with van der Waals surface area (Å²) in [4.78, 5) is 13.4. The van der Waals surface area contributed by atoms with Gasteiger partial charge in [0.25, 0.3) is 0 Å². The quantitative estimate of drug-likeness (QED) is 0.792. The van der Waals surface area contributed by atoms with Gasteiger partial charge in [0.15, 0.2) is 0 Å². The number of carbonyl (C=O) groups is 1. The third kappa shape index (κ3) is 2.53. The summed E-state index contributed by atoms with van der Waals surface area (Å²) >= 11 is 4.93. The number of para-hydroxylation sites is 1. The number of carbonyl (C=O) groups excluding carboxylic acids is 1. The fourth-order valence-electron chi connectivity index (χ4n) is 1.35. The van der Waals surface area contributed by atoms with Crippen LogP contribution in [0, 0.1) is 0 Å². The first-order valence-corrected chi connectivity index (χ1v) is 5.14. The number of rotatable bonds is 3. The van der Waals surface area contributed by atoms with E-state index in [2.05, 4.69) is 0 Å². The van der Waals surface area contributed by atoms with Gasteiger partial charge in [-0.3, -0.25) is 4.79 Å². The number of anilines is 1. The number of nitrogens with zero attached hydrogens (tertiary/aromatic N) is 1. The molecule has 0 unspecified atom stereocenters. The van der Waals surface area contributed by atoms with E-state index in [0.717, 1.165) is 11.3 Å². The van der Waals surface area contributed by atoms with Crippen LogP contribution in [0.2, 0.25) is 0 Å². The highest BCUT2D eigenvalue weighted by atomic mass is 32.1. The maximum Gasteiger partial charge on any atom is 0.226 e. The van der Waals surface area contributed by atoms with E-state index in [1.807, 2.05) is 31.2 Å². The van der Waals surface area contributed by atoms with Crippen LogP contribution in [0.1, 0.15) is 18.9 Å². The first kappa shape index (κ1) is 11.7. The first-order chi connectivity index (χ1) is 7.07. The third-order valence-electron chi connectivity index (χ3n) is 2.21. The molecule has 1 rings (SSSR count). The standard InChI is InChI=1S/C11H14N2OS/c1-3-10(14)13(2)9-7-5-4-6-8(9)11(12)15/h4-7H,3H2,1-2H3,(H2,12,15). The molecule has 0 saturated carbocycles. The van der Waals surface area contributed by atoms with Crippen LogP contribution in [0.4, 0.5) is 5.69 Å². The monoisotopic (exact) mass is 222 g/mol. The molecular formula is C11H14N2OS. The second-order valence-electron chi connectivity index (χ2n) is 3.19. The molecule has 1 aromatic carbocycles. The van der Waals surface area contributed by atoms with Gasteiger partial charge in [-0.05, 0) is 12.1 Å². The van der Waals surface area contributed by atoms with Crippen LogP contribution in [0.15, 0.2) is 24.3 Å². The molecule has 0 aliphatic rings. The van der Waals surface area contributed by atoms with E-state index in [9.17, 15) is 4.79 Å². The lowest BCUT2D eigenvalue weighted by molar-refractivity contribution is -0.118. The minimum atomic E-state index is 0.0405. The van der Waals surface area contributed by atoms with Gasteiger partial charge in [-0.2, -0.15) is 0 Å². The van der Waals surface area contributed by atoms with Crippen molar-refractivity contribution >= 4 is 28.8 Å². The third-order valence-corrected chi connectivity index (χ3v) is 2.43. The normalized spacial score (nSPS) is 9.73. The van der Waals surface area contributed by atoms with Crippen LogP contribution >= 0.6 is 12.2 Å². The molecule has 0 fully saturated rings. The van der Waals surface area contributed by atoms with Crippen LogP contribution in [0.3, 0.4) is 0 Å². The number of hydrogen-bond acceptors (Lipinski definition) is 2. The molecule has 4 heteroatoms. The minimum Gasteiger partial charge on any atom is -0.389 e. The van der Waals surface area contributed by atoms with Gasteiger partial charge in [-0.1, -0.05) is 31.3 Å². The lowest BCUT2D eigenvalue weighted by Crippen LogP contribution is -2.27. The van der Waals surface area contributed by atoms with Gasteiger partial charge in [0.1, 0.15) is 4.99 Å². The van der Waals surface area contributed by atoms with Crippen molar-refractivity contribution in [1.82, 2.24) is 0 Å². The summed E-state index contributed by atoms with van der Waals surface area (Å²) < 4.78 is 0. The number of thiocarbonyl (C=S) groups is 1. The highest BCUT2D eigenvalue weighted by Crippen LogP contribution is 2.19. The minimum absolute atomic E-state index is 0.0405. The van der Waals surface area contributed by atoms with E-state index < -0.39 is 0 Å². The number of amides is 1. The van der Waals surface area contributed by atoms with E-state index in [1.54, 1.807) is 11.9 Å². The zero-order valence-corrected chi connectivity index (χ0v) is 9.67. The molecule has 2 N–H and O–H groups in total. The summed E-state index contributed by atoms with van der Waals surface area (Å²) in [6, 6.07) is 7.36. The van der Waals surface area contributed by atoms with Gasteiger partial charge in [-0.15, -0.1) is 0 Å². The molecule has 0 heterocycles. The molecule has 80 valence electrons. The van der Waals surface area contributed by atoms with Gasteiger partial charge < -0.3 is 10.6 Å². The maximum atomic E-state index is 11.5. The van der Waals surface area contributed by atoms with Crippen molar-refractivity contribution in [1.29, 1.82) is 0 Å². The van der Waals surface area contributed by atoms with Crippen LogP contribution < -0.4 is 10.6 Å². The van der Waals surface area contributed by atoms with Gasteiger partial charge in [-0.25, -0.2) is 0 Å². The summed E-state index contributed by atoms with van der Waals surface area (Å²) in [5, 5.41) is 0. The number of benzene rings is 1. The fourth-order valence-corrected chi connectivity index (χ4v) is 1.52. The molecule has 15 heavy (non-hydrogen) atoms. The van der Waals surface area contributed by atoms with E-state index in [-0.39, 0.29) is 5.91 Å². The molecule has 0 bridgehead atoms. The van der Waals surface area contributed by atoms with Crippen LogP contribution in [0.25, 0.3) is 0 Å². The Kier molecular flexibility index (Phi) is 3.80. The van der Waals surface area contributed by atoms with Gasteiger partial charge in [0.2, 0.25) is 5.91 Å². The van der Waals surface area contributed by atoms with Gasteiger partial charge in [0.05, 0.1) is 5.69 Å². The SMILES string of the molecule is CCC(=O)N(C)c1ccccc1C(N)=S. The van der Waals surface area contributed by atoms with E-state index in [0.29, 0.717) is 11.4 Å². The van der Waals surface area contributed by atoms with Crippen molar-refractivity contribution in [2.45, 2.75) is 13.3 Å². The zero-order valence-electron chi connectivity index (χ0n) is 8.86. The van der Waals surface area contributed by atoms with Crippen LogP contribution in [0.5, 0.6) is 0 Å². The molecule has 3 nitrogen and oxygen atoms in total. The molecule has 0 saturated heterocycles. The molecule has 0 aliphatic carbocycles. The largest absolute Gasteiger partial charge is 0.389 e. The Morgan fingerprint density at radius 3 is 2.60 bits per heavy atom. The summed E-state index contributed by atoms with van der Waals surface area (Å²) in [5.41, 5.74) is 7.08. The van der Waals surface area contributed by atoms with Crippen molar-refractivity contribution in [3.05, 3.63) is 29.8 Å². The highest BCUT2D eigenvalue weighted by Gasteiger charge is 2.13. The number of nitrogens with two attached hydrogens (primary N) is 1. The fraction of sp³-hybridized carbons (Fsp3) is 0.273.